The number of amides is 1. The van der Waals surface area contributed by atoms with Gasteiger partial charge in [0.1, 0.15) is 6.54 Å². The van der Waals surface area contributed by atoms with Crippen LogP contribution in [0, 0.1) is 0 Å². The van der Waals surface area contributed by atoms with Crippen LogP contribution in [0.25, 0.3) is 0 Å². The summed E-state index contributed by atoms with van der Waals surface area (Å²) in [5.41, 5.74) is 2.12. The lowest BCUT2D eigenvalue weighted by molar-refractivity contribution is -0.121. The number of anilines is 1. The Labute approximate surface area is 117 Å². The van der Waals surface area contributed by atoms with Crippen LogP contribution in [0.2, 0.25) is 0 Å². The Bertz CT molecular complexity index is 537. The molecule has 0 unspecified atom stereocenters. The molecule has 0 fully saturated rings. The quantitative estimate of drug-likeness (QED) is 0.883. The number of carbonyl (C=O) groups is 1. The number of nitrogens with one attached hydrogen (secondary N) is 2. The third-order valence-corrected chi connectivity index (χ3v) is 3.89. The van der Waals surface area contributed by atoms with Crippen LogP contribution in [0.1, 0.15) is 5.56 Å². The third-order valence-electron chi connectivity index (χ3n) is 2.34. The third kappa shape index (κ3) is 3.58. The molecule has 5 nitrogen and oxygen atoms in total. The summed E-state index contributed by atoms with van der Waals surface area (Å²) in [7, 11) is 1.61. The first kappa shape index (κ1) is 13.1. The Kier molecular flexibility index (Phi) is 4.38. The van der Waals surface area contributed by atoms with E-state index in [1.54, 1.807) is 29.3 Å². The Morgan fingerprint density at radius 3 is 3.11 bits per heavy atom. The molecule has 0 aromatic carbocycles. The minimum atomic E-state index is -0.0635. The van der Waals surface area contributed by atoms with Gasteiger partial charge in [0, 0.05) is 19.8 Å². The Morgan fingerprint density at radius 2 is 2.44 bits per heavy atom. The second kappa shape index (κ2) is 6.01. The van der Waals surface area contributed by atoms with Crippen molar-refractivity contribution in [3.8, 4) is 0 Å². The van der Waals surface area contributed by atoms with E-state index in [4.69, 9.17) is 0 Å². The van der Waals surface area contributed by atoms with E-state index in [0.717, 1.165) is 16.0 Å². The van der Waals surface area contributed by atoms with Gasteiger partial charge in [0.2, 0.25) is 5.91 Å². The number of hydrogen-bond donors (Lipinski definition) is 2. The highest BCUT2D eigenvalue weighted by Gasteiger charge is 2.03. The molecule has 1 amide bonds. The van der Waals surface area contributed by atoms with Crippen LogP contribution in [0.5, 0.6) is 0 Å². The molecule has 2 aromatic heterocycles. The first-order valence-electron chi connectivity index (χ1n) is 5.37. The van der Waals surface area contributed by atoms with Crippen LogP contribution in [0.4, 0.5) is 5.69 Å². The molecular weight excluding hydrogens is 316 g/mol. The number of halogens is 1. The SMILES string of the molecule is CNC(=O)Cn1cc(NCc2csc(Br)c2)cn1. The number of aromatic nitrogens is 2. The molecule has 2 heterocycles. The molecule has 2 N–H and O–H groups in total. The average molecular weight is 329 g/mol. The first-order chi connectivity index (χ1) is 8.67. The second-order valence-electron chi connectivity index (χ2n) is 3.71. The molecule has 0 saturated carbocycles. The molecule has 7 heteroatoms. The molecule has 0 bridgehead atoms. The minimum absolute atomic E-state index is 0.0635. The van der Waals surface area contributed by atoms with Gasteiger partial charge in [-0.2, -0.15) is 5.10 Å². The van der Waals surface area contributed by atoms with E-state index in [-0.39, 0.29) is 12.5 Å². The molecule has 0 radical (unpaired) electrons. The zero-order valence-electron chi connectivity index (χ0n) is 9.81. The maximum Gasteiger partial charge on any atom is 0.241 e. The molecule has 96 valence electrons. The van der Waals surface area contributed by atoms with Crippen LogP contribution in [0.3, 0.4) is 0 Å². The maximum atomic E-state index is 11.2. The van der Waals surface area contributed by atoms with Crippen LogP contribution in [-0.4, -0.2) is 22.7 Å². The lowest BCUT2D eigenvalue weighted by Gasteiger charge is -2.01. The van der Waals surface area contributed by atoms with Crippen LogP contribution >= 0.6 is 27.3 Å². The molecule has 0 spiro atoms. The van der Waals surface area contributed by atoms with Gasteiger partial charge in [-0.3, -0.25) is 9.48 Å². The van der Waals surface area contributed by atoms with Gasteiger partial charge >= 0.3 is 0 Å². The number of nitrogens with zero attached hydrogens (tertiary/aromatic N) is 2. The van der Waals surface area contributed by atoms with Gasteiger partial charge in [0.05, 0.1) is 15.7 Å². The molecule has 2 rings (SSSR count). The summed E-state index contributed by atoms with van der Waals surface area (Å²) in [6.45, 7) is 0.982. The number of thiophene rings is 1. The highest BCUT2D eigenvalue weighted by molar-refractivity contribution is 9.11. The van der Waals surface area contributed by atoms with Crippen LogP contribution in [-0.2, 0) is 17.9 Å². The first-order valence-corrected chi connectivity index (χ1v) is 7.04. The van der Waals surface area contributed by atoms with E-state index in [1.807, 2.05) is 6.20 Å². The maximum absolute atomic E-state index is 11.2. The van der Waals surface area contributed by atoms with Crippen molar-refractivity contribution in [1.82, 2.24) is 15.1 Å². The van der Waals surface area contributed by atoms with E-state index in [9.17, 15) is 4.79 Å². The van der Waals surface area contributed by atoms with Gasteiger partial charge in [-0.25, -0.2) is 0 Å². The summed E-state index contributed by atoms with van der Waals surface area (Å²) in [6.07, 6.45) is 3.53. The molecule has 18 heavy (non-hydrogen) atoms. The van der Waals surface area contributed by atoms with Gasteiger partial charge < -0.3 is 10.6 Å². The van der Waals surface area contributed by atoms with Crippen molar-refractivity contribution in [2.45, 2.75) is 13.1 Å². The summed E-state index contributed by atoms with van der Waals surface area (Å²) in [5, 5.41) is 12.0. The van der Waals surface area contributed by atoms with Crippen LogP contribution in [0.15, 0.2) is 27.6 Å². The molecule has 0 saturated heterocycles. The predicted octanol–water partition coefficient (Wildman–Crippen LogP) is 2.07. The highest BCUT2D eigenvalue weighted by Crippen LogP contribution is 2.21. The summed E-state index contributed by atoms with van der Waals surface area (Å²) in [6, 6.07) is 2.08. The lowest BCUT2D eigenvalue weighted by Crippen LogP contribution is -2.23. The standard InChI is InChI=1S/C11H13BrN4OS/c1-13-11(17)6-16-5-9(4-15-16)14-3-8-2-10(12)18-7-8/h2,4-5,7,14H,3,6H2,1H3,(H,13,17). The predicted molar refractivity (Wildman–Crippen MR) is 75.6 cm³/mol. The Balaban J connectivity index is 1.88. The van der Waals surface area contributed by atoms with E-state index >= 15 is 0 Å². The van der Waals surface area contributed by atoms with Crippen molar-refractivity contribution in [3.05, 3.63) is 33.2 Å². The van der Waals surface area contributed by atoms with Gasteiger partial charge in [-0.15, -0.1) is 11.3 Å². The van der Waals surface area contributed by atoms with E-state index in [0.29, 0.717) is 0 Å². The van der Waals surface area contributed by atoms with E-state index in [1.165, 1.54) is 5.56 Å². The van der Waals surface area contributed by atoms with Crippen molar-refractivity contribution in [2.75, 3.05) is 12.4 Å². The molecular formula is C11H13BrN4OS. The normalized spacial score (nSPS) is 10.3. The van der Waals surface area contributed by atoms with Gasteiger partial charge in [0.25, 0.3) is 0 Å². The zero-order valence-corrected chi connectivity index (χ0v) is 12.2. The van der Waals surface area contributed by atoms with Crippen molar-refractivity contribution in [3.63, 3.8) is 0 Å². The number of rotatable bonds is 5. The van der Waals surface area contributed by atoms with E-state index in [2.05, 4.69) is 43.1 Å². The molecule has 0 aliphatic rings. The molecule has 2 aromatic rings. The fourth-order valence-electron chi connectivity index (χ4n) is 1.41. The summed E-state index contributed by atoms with van der Waals surface area (Å²) < 4.78 is 2.72. The second-order valence-corrected chi connectivity index (χ2v) is 6.00. The van der Waals surface area contributed by atoms with Gasteiger partial charge in [-0.05, 0) is 32.9 Å². The Hall–Kier alpha value is -1.34. The molecule has 0 aliphatic heterocycles. The summed E-state index contributed by atoms with van der Waals surface area (Å²) >= 11 is 5.09. The van der Waals surface area contributed by atoms with Crippen molar-refractivity contribution >= 4 is 38.9 Å². The van der Waals surface area contributed by atoms with Gasteiger partial charge in [-0.1, -0.05) is 0 Å². The van der Waals surface area contributed by atoms with Crippen molar-refractivity contribution in [1.29, 1.82) is 0 Å². The summed E-state index contributed by atoms with van der Waals surface area (Å²) in [4.78, 5) is 11.2. The number of carbonyl (C=O) groups excluding carboxylic acids is 1. The van der Waals surface area contributed by atoms with E-state index < -0.39 is 0 Å². The van der Waals surface area contributed by atoms with Crippen molar-refractivity contribution < 1.29 is 4.79 Å². The molecule has 0 atom stereocenters. The Morgan fingerprint density at radius 1 is 1.61 bits per heavy atom. The lowest BCUT2D eigenvalue weighted by atomic mass is 10.3. The highest BCUT2D eigenvalue weighted by atomic mass is 79.9. The molecule has 0 aliphatic carbocycles. The van der Waals surface area contributed by atoms with Crippen molar-refractivity contribution in [2.24, 2.45) is 0 Å². The smallest absolute Gasteiger partial charge is 0.241 e. The minimum Gasteiger partial charge on any atom is -0.378 e. The zero-order chi connectivity index (χ0) is 13.0. The van der Waals surface area contributed by atoms with Gasteiger partial charge in [0.15, 0.2) is 0 Å². The number of likely N-dealkylation sites (N-methyl/N-ethyl adjacent to an activating group) is 1. The summed E-state index contributed by atoms with van der Waals surface area (Å²) in [5.74, 6) is -0.0635. The number of hydrogen-bond acceptors (Lipinski definition) is 4. The topological polar surface area (TPSA) is 59.0 Å². The largest absolute Gasteiger partial charge is 0.378 e. The monoisotopic (exact) mass is 328 g/mol. The van der Waals surface area contributed by atoms with Crippen LogP contribution < -0.4 is 10.6 Å². The fraction of sp³-hybridized carbons (Fsp3) is 0.273. The fourth-order valence-corrected chi connectivity index (χ4v) is 2.62. The average Bonchev–Trinajstić information content (AvgIpc) is 2.96.